The van der Waals surface area contributed by atoms with E-state index < -0.39 is 0 Å². The van der Waals surface area contributed by atoms with E-state index in [9.17, 15) is 4.79 Å². The summed E-state index contributed by atoms with van der Waals surface area (Å²) in [5.74, 6) is 1.89. The molecule has 0 radical (unpaired) electrons. The van der Waals surface area contributed by atoms with Crippen molar-refractivity contribution in [2.24, 2.45) is 11.8 Å². The molecule has 110 valence electrons. The van der Waals surface area contributed by atoms with Crippen LogP contribution in [0, 0.1) is 11.8 Å². The van der Waals surface area contributed by atoms with Gasteiger partial charge in [0.15, 0.2) is 0 Å². The van der Waals surface area contributed by atoms with Gasteiger partial charge < -0.3 is 10.2 Å². The van der Waals surface area contributed by atoms with Gasteiger partial charge in [0.05, 0.1) is 6.54 Å². The van der Waals surface area contributed by atoms with Gasteiger partial charge in [-0.1, -0.05) is 26.7 Å². The van der Waals surface area contributed by atoms with Crippen LogP contribution in [0.5, 0.6) is 0 Å². The number of carbonyl (C=O) groups is 1. The van der Waals surface area contributed by atoms with Crippen molar-refractivity contribution in [2.45, 2.75) is 71.4 Å². The second kappa shape index (κ2) is 6.74. The largest absolute Gasteiger partial charge is 0.338 e. The van der Waals surface area contributed by atoms with Crippen LogP contribution >= 0.6 is 0 Å². The van der Waals surface area contributed by atoms with Crippen LogP contribution in [-0.4, -0.2) is 36.0 Å². The third kappa shape index (κ3) is 3.50. The Balaban J connectivity index is 1.93. The average molecular weight is 266 g/mol. The second-order valence-corrected chi connectivity index (χ2v) is 6.56. The van der Waals surface area contributed by atoms with Crippen molar-refractivity contribution in [1.82, 2.24) is 10.2 Å². The van der Waals surface area contributed by atoms with Gasteiger partial charge in [0.1, 0.15) is 0 Å². The second-order valence-electron chi connectivity index (χ2n) is 6.56. The SMILES string of the molecule is CCC(C)NCC(=O)N1CCC(C)C2CCCCC21. The maximum atomic E-state index is 12.4. The number of piperidine rings is 1. The molecule has 1 saturated carbocycles. The molecule has 3 nitrogen and oxygen atoms in total. The first kappa shape index (κ1) is 14.8. The zero-order chi connectivity index (χ0) is 13.8. The Morgan fingerprint density at radius 3 is 2.79 bits per heavy atom. The molecule has 0 bridgehead atoms. The Hall–Kier alpha value is -0.570. The molecule has 0 spiro atoms. The van der Waals surface area contributed by atoms with Crippen LogP contribution < -0.4 is 5.32 Å². The minimum Gasteiger partial charge on any atom is -0.338 e. The van der Waals surface area contributed by atoms with Gasteiger partial charge in [0, 0.05) is 18.6 Å². The molecule has 1 heterocycles. The van der Waals surface area contributed by atoms with Crippen LogP contribution in [0.4, 0.5) is 0 Å². The molecule has 4 atom stereocenters. The van der Waals surface area contributed by atoms with E-state index in [1.165, 1.54) is 32.1 Å². The van der Waals surface area contributed by atoms with Crippen molar-refractivity contribution in [3.63, 3.8) is 0 Å². The summed E-state index contributed by atoms with van der Waals surface area (Å²) in [7, 11) is 0. The van der Waals surface area contributed by atoms with E-state index in [4.69, 9.17) is 0 Å². The minimum atomic E-state index is 0.323. The van der Waals surface area contributed by atoms with Crippen LogP contribution in [-0.2, 0) is 4.79 Å². The Bertz CT molecular complexity index is 305. The molecule has 0 aromatic rings. The Kier molecular flexibility index (Phi) is 5.26. The van der Waals surface area contributed by atoms with Crippen LogP contribution in [0.25, 0.3) is 0 Å². The van der Waals surface area contributed by atoms with Crippen molar-refractivity contribution in [3.8, 4) is 0 Å². The van der Waals surface area contributed by atoms with E-state index in [1.807, 2.05) is 0 Å². The molecule has 3 heteroatoms. The Morgan fingerprint density at radius 2 is 2.05 bits per heavy atom. The fraction of sp³-hybridized carbons (Fsp3) is 0.938. The highest BCUT2D eigenvalue weighted by molar-refractivity contribution is 5.78. The highest BCUT2D eigenvalue weighted by Gasteiger charge is 2.39. The standard InChI is InChI=1S/C16H30N2O/c1-4-13(3)17-11-16(19)18-10-9-12(2)14-7-5-6-8-15(14)18/h12-15,17H,4-11H2,1-3H3. The highest BCUT2D eigenvalue weighted by atomic mass is 16.2. The first-order chi connectivity index (χ1) is 9.13. The molecule has 2 rings (SSSR count). The molecule has 4 unspecified atom stereocenters. The van der Waals surface area contributed by atoms with Crippen molar-refractivity contribution in [2.75, 3.05) is 13.1 Å². The molecule has 1 N–H and O–H groups in total. The van der Waals surface area contributed by atoms with E-state index >= 15 is 0 Å². The monoisotopic (exact) mass is 266 g/mol. The van der Waals surface area contributed by atoms with Gasteiger partial charge in [-0.2, -0.15) is 0 Å². The zero-order valence-electron chi connectivity index (χ0n) is 12.8. The molecule has 0 aromatic heterocycles. The lowest BCUT2D eigenvalue weighted by Gasteiger charge is -2.47. The number of fused-ring (bicyclic) bond motifs is 1. The van der Waals surface area contributed by atoms with Crippen molar-refractivity contribution < 1.29 is 4.79 Å². The van der Waals surface area contributed by atoms with Crippen LogP contribution in [0.1, 0.15) is 59.3 Å². The van der Waals surface area contributed by atoms with Crippen LogP contribution in [0.2, 0.25) is 0 Å². The van der Waals surface area contributed by atoms with Crippen molar-refractivity contribution >= 4 is 5.91 Å². The van der Waals surface area contributed by atoms with E-state index in [1.54, 1.807) is 0 Å². The van der Waals surface area contributed by atoms with Gasteiger partial charge >= 0.3 is 0 Å². The minimum absolute atomic E-state index is 0.323. The first-order valence-corrected chi connectivity index (χ1v) is 8.16. The molecule has 2 aliphatic rings. The number of hydrogen-bond donors (Lipinski definition) is 1. The number of amides is 1. The zero-order valence-corrected chi connectivity index (χ0v) is 12.8. The number of nitrogens with zero attached hydrogens (tertiary/aromatic N) is 1. The molecule has 19 heavy (non-hydrogen) atoms. The maximum Gasteiger partial charge on any atom is 0.236 e. The highest BCUT2D eigenvalue weighted by Crippen LogP contribution is 2.38. The quantitative estimate of drug-likeness (QED) is 0.848. The van der Waals surface area contributed by atoms with Gasteiger partial charge in [-0.05, 0) is 44.4 Å². The van der Waals surface area contributed by atoms with Gasteiger partial charge in [0.2, 0.25) is 5.91 Å². The van der Waals surface area contributed by atoms with Crippen LogP contribution in [0.3, 0.4) is 0 Å². The maximum absolute atomic E-state index is 12.4. The lowest BCUT2D eigenvalue weighted by molar-refractivity contribution is -0.138. The molecule has 0 aromatic carbocycles. The Morgan fingerprint density at radius 1 is 1.32 bits per heavy atom. The molecule has 1 saturated heterocycles. The smallest absolute Gasteiger partial charge is 0.236 e. The topological polar surface area (TPSA) is 32.3 Å². The van der Waals surface area contributed by atoms with Gasteiger partial charge in [-0.3, -0.25) is 4.79 Å². The average Bonchev–Trinajstić information content (AvgIpc) is 2.45. The predicted octanol–water partition coefficient (Wildman–Crippen LogP) is 2.80. The summed E-state index contributed by atoms with van der Waals surface area (Å²) in [6.45, 7) is 8.18. The van der Waals surface area contributed by atoms with Crippen molar-refractivity contribution in [1.29, 1.82) is 0 Å². The number of nitrogens with one attached hydrogen (secondary N) is 1. The summed E-state index contributed by atoms with van der Waals surface area (Å²) >= 11 is 0. The lowest BCUT2D eigenvalue weighted by Crippen LogP contribution is -2.54. The summed E-state index contributed by atoms with van der Waals surface area (Å²) in [5.41, 5.74) is 0. The van der Waals surface area contributed by atoms with E-state index in [0.717, 1.165) is 24.8 Å². The fourth-order valence-corrected chi connectivity index (χ4v) is 3.73. The summed E-state index contributed by atoms with van der Waals surface area (Å²) in [6.07, 6.45) is 7.49. The van der Waals surface area contributed by atoms with E-state index in [-0.39, 0.29) is 0 Å². The molecule has 1 aliphatic carbocycles. The molecule has 1 aliphatic heterocycles. The molecular weight excluding hydrogens is 236 g/mol. The summed E-state index contributed by atoms with van der Waals surface area (Å²) in [4.78, 5) is 14.6. The summed E-state index contributed by atoms with van der Waals surface area (Å²) in [6, 6.07) is 0.971. The molecule has 1 amide bonds. The van der Waals surface area contributed by atoms with Gasteiger partial charge in [-0.15, -0.1) is 0 Å². The first-order valence-electron chi connectivity index (χ1n) is 8.16. The third-order valence-electron chi connectivity index (χ3n) is 5.27. The number of hydrogen-bond acceptors (Lipinski definition) is 2. The number of carbonyl (C=O) groups excluding carboxylic acids is 1. The summed E-state index contributed by atoms with van der Waals surface area (Å²) < 4.78 is 0. The van der Waals surface area contributed by atoms with Gasteiger partial charge in [-0.25, -0.2) is 0 Å². The van der Waals surface area contributed by atoms with Crippen molar-refractivity contribution in [3.05, 3.63) is 0 Å². The lowest BCUT2D eigenvalue weighted by atomic mass is 9.72. The predicted molar refractivity (Wildman–Crippen MR) is 79.0 cm³/mol. The van der Waals surface area contributed by atoms with E-state index in [0.29, 0.717) is 24.5 Å². The summed E-state index contributed by atoms with van der Waals surface area (Å²) in [5, 5.41) is 3.34. The van der Waals surface area contributed by atoms with E-state index in [2.05, 4.69) is 31.0 Å². The Labute approximate surface area is 118 Å². The van der Waals surface area contributed by atoms with Crippen LogP contribution in [0.15, 0.2) is 0 Å². The molecular formula is C16H30N2O. The number of rotatable bonds is 4. The third-order valence-corrected chi connectivity index (χ3v) is 5.27. The van der Waals surface area contributed by atoms with Gasteiger partial charge in [0.25, 0.3) is 0 Å². The normalized spacial score (nSPS) is 32.8. The number of likely N-dealkylation sites (tertiary alicyclic amines) is 1. The fourth-order valence-electron chi connectivity index (χ4n) is 3.73. The molecule has 2 fully saturated rings.